The summed E-state index contributed by atoms with van der Waals surface area (Å²) in [5.41, 5.74) is 3.69. The van der Waals surface area contributed by atoms with Crippen LogP contribution in [0.2, 0.25) is 5.15 Å². The number of nitriles is 1. The molecule has 0 bridgehead atoms. The molecular weight excluding hydrogens is 508 g/mol. The maximum absolute atomic E-state index is 13.4. The third-order valence-corrected chi connectivity index (χ3v) is 7.92. The predicted octanol–water partition coefficient (Wildman–Crippen LogP) is 6.04. The number of thiophene rings is 1. The number of esters is 1. The average Bonchev–Trinajstić information content (AvgIpc) is 3.27. The standard InChI is InChI=1S/C28H23ClN4O3S/c1-2-36-28(35)23-18-13-12-17(16-8-4-3-5-9-16)14-22(18)37-27(23)33-26(34)19(15-30)24-25(29)32-21-11-7-6-10-20(21)31-24/h3-11,17,19H,2,12-14H2,1H3,(H,33,34)/t17-,19-/m1/s1. The number of amides is 1. The number of benzene rings is 2. The molecule has 186 valence electrons. The molecule has 9 heteroatoms. The van der Waals surface area contributed by atoms with Crippen molar-refractivity contribution in [1.29, 1.82) is 5.26 Å². The number of anilines is 1. The zero-order chi connectivity index (χ0) is 25.9. The number of carbonyl (C=O) groups excluding carboxylic acids is 2. The fourth-order valence-electron chi connectivity index (χ4n) is 4.71. The van der Waals surface area contributed by atoms with Crippen molar-refractivity contribution < 1.29 is 14.3 Å². The van der Waals surface area contributed by atoms with Crippen molar-refractivity contribution in [3.8, 4) is 6.07 Å². The third-order valence-electron chi connectivity index (χ3n) is 6.47. The molecule has 2 heterocycles. The summed E-state index contributed by atoms with van der Waals surface area (Å²) in [6.07, 6.45) is 2.34. The van der Waals surface area contributed by atoms with E-state index in [0.717, 1.165) is 23.3 Å². The predicted molar refractivity (Wildman–Crippen MR) is 143 cm³/mol. The number of fused-ring (bicyclic) bond motifs is 2. The summed E-state index contributed by atoms with van der Waals surface area (Å²) in [5.74, 6) is -2.09. The Morgan fingerprint density at radius 3 is 2.57 bits per heavy atom. The molecule has 1 amide bonds. The molecule has 0 saturated carbocycles. The van der Waals surface area contributed by atoms with Crippen LogP contribution in [0.4, 0.5) is 5.00 Å². The average molecular weight is 531 g/mol. The van der Waals surface area contributed by atoms with Crippen LogP contribution in [0.1, 0.15) is 57.2 Å². The minimum Gasteiger partial charge on any atom is -0.462 e. The molecule has 0 spiro atoms. The van der Waals surface area contributed by atoms with Crippen molar-refractivity contribution in [2.24, 2.45) is 0 Å². The molecule has 0 aliphatic heterocycles. The highest BCUT2D eigenvalue weighted by atomic mass is 35.5. The van der Waals surface area contributed by atoms with Crippen LogP contribution in [0.3, 0.4) is 0 Å². The lowest BCUT2D eigenvalue weighted by Crippen LogP contribution is -2.22. The molecule has 1 N–H and O–H groups in total. The van der Waals surface area contributed by atoms with Gasteiger partial charge in [0.1, 0.15) is 10.7 Å². The third kappa shape index (κ3) is 4.93. The van der Waals surface area contributed by atoms with E-state index in [1.54, 1.807) is 31.2 Å². The number of nitrogens with one attached hydrogen (secondary N) is 1. The van der Waals surface area contributed by atoms with Gasteiger partial charge in [0.2, 0.25) is 5.91 Å². The van der Waals surface area contributed by atoms with E-state index in [0.29, 0.717) is 33.9 Å². The SMILES string of the molecule is CCOC(=O)c1c(NC(=O)[C@H](C#N)c2nc3ccccc3nc2Cl)sc2c1CC[C@@H](c1ccccc1)C2. The van der Waals surface area contributed by atoms with E-state index >= 15 is 0 Å². The molecule has 0 radical (unpaired) electrons. The Bertz CT molecular complexity index is 1530. The molecule has 2 atom stereocenters. The van der Waals surface area contributed by atoms with Gasteiger partial charge in [-0.25, -0.2) is 14.8 Å². The van der Waals surface area contributed by atoms with Crippen molar-refractivity contribution in [1.82, 2.24) is 9.97 Å². The number of nitrogens with zero attached hydrogens (tertiary/aromatic N) is 3. The van der Waals surface area contributed by atoms with E-state index in [2.05, 4.69) is 27.4 Å². The first kappa shape index (κ1) is 24.9. The fourth-order valence-corrected chi connectivity index (χ4v) is 6.27. The van der Waals surface area contributed by atoms with Crippen LogP contribution in [-0.2, 0) is 22.4 Å². The highest BCUT2D eigenvalue weighted by molar-refractivity contribution is 7.17. The van der Waals surface area contributed by atoms with Crippen LogP contribution in [0.5, 0.6) is 0 Å². The minimum atomic E-state index is -1.31. The monoisotopic (exact) mass is 530 g/mol. The van der Waals surface area contributed by atoms with Crippen molar-refractivity contribution >= 4 is 50.8 Å². The zero-order valence-electron chi connectivity index (χ0n) is 20.0. The second kappa shape index (κ2) is 10.7. The number of hydrogen-bond donors (Lipinski definition) is 1. The lowest BCUT2D eigenvalue weighted by molar-refractivity contribution is -0.116. The fraction of sp³-hybridized carbons (Fsp3) is 0.250. The first-order valence-corrected chi connectivity index (χ1v) is 13.2. The van der Waals surface area contributed by atoms with Gasteiger partial charge in [0.15, 0.2) is 11.1 Å². The van der Waals surface area contributed by atoms with Crippen LogP contribution in [0.15, 0.2) is 54.6 Å². The van der Waals surface area contributed by atoms with Crippen LogP contribution >= 0.6 is 22.9 Å². The van der Waals surface area contributed by atoms with Gasteiger partial charge in [-0.05, 0) is 55.4 Å². The van der Waals surface area contributed by atoms with Gasteiger partial charge in [0, 0.05) is 4.88 Å². The molecule has 1 aliphatic carbocycles. The number of hydrogen-bond acceptors (Lipinski definition) is 7. The van der Waals surface area contributed by atoms with Crippen molar-refractivity contribution in [3.05, 3.63) is 87.0 Å². The van der Waals surface area contributed by atoms with Gasteiger partial charge in [0.05, 0.1) is 29.3 Å². The molecule has 2 aromatic heterocycles. The lowest BCUT2D eigenvalue weighted by Gasteiger charge is -2.23. The molecule has 0 fully saturated rings. The zero-order valence-corrected chi connectivity index (χ0v) is 21.6. The molecule has 5 rings (SSSR count). The van der Waals surface area contributed by atoms with E-state index < -0.39 is 17.8 Å². The van der Waals surface area contributed by atoms with Gasteiger partial charge in [-0.2, -0.15) is 5.26 Å². The first-order chi connectivity index (χ1) is 18.0. The molecular formula is C28H23ClN4O3S. The van der Waals surface area contributed by atoms with E-state index in [4.69, 9.17) is 16.3 Å². The van der Waals surface area contributed by atoms with E-state index in [1.807, 2.05) is 24.3 Å². The number of carbonyl (C=O) groups is 2. The Hall–Kier alpha value is -3.80. The Morgan fingerprint density at radius 2 is 1.86 bits per heavy atom. The molecule has 1 aliphatic rings. The molecule has 2 aromatic carbocycles. The molecule has 0 saturated heterocycles. The Balaban J connectivity index is 1.47. The summed E-state index contributed by atoms with van der Waals surface area (Å²) >= 11 is 7.69. The number of ether oxygens (including phenoxy) is 1. The van der Waals surface area contributed by atoms with E-state index in [1.165, 1.54) is 16.9 Å². The highest BCUT2D eigenvalue weighted by Gasteiger charge is 2.33. The van der Waals surface area contributed by atoms with Gasteiger partial charge >= 0.3 is 5.97 Å². The molecule has 4 aromatic rings. The number of rotatable bonds is 6. The van der Waals surface area contributed by atoms with Crippen LogP contribution in [0.25, 0.3) is 11.0 Å². The number of halogens is 1. The Labute approximate surface area is 223 Å². The van der Waals surface area contributed by atoms with Gasteiger partial charge in [-0.15, -0.1) is 11.3 Å². The smallest absolute Gasteiger partial charge is 0.341 e. The lowest BCUT2D eigenvalue weighted by atomic mass is 9.83. The van der Waals surface area contributed by atoms with Crippen LogP contribution in [-0.4, -0.2) is 28.5 Å². The summed E-state index contributed by atoms with van der Waals surface area (Å²) in [4.78, 5) is 36.1. The van der Waals surface area contributed by atoms with Crippen molar-refractivity contribution in [2.45, 2.75) is 38.0 Å². The van der Waals surface area contributed by atoms with Crippen LogP contribution in [0, 0.1) is 11.3 Å². The molecule has 0 unspecified atom stereocenters. The van der Waals surface area contributed by atoms with E-state index in [-0.39, 0.29) is 17.5 Å². The summed E-state index contributed by atoms with van der Waals surface area (Å²) in [6, 6.07) is 19.4. The number of aromatic nitrogens is 2. The van der Waals surface area contributed by atoms with Crippen LogP contribution < -0.4 is 5.32 Å². The van der Waals surface area contributed by atoms with Crippen molar-refractivity contribution in [3.63, 3.8) is 0 Å². The van der Waals surface area contributed by atoms with Gasteiger partial charge in [-0.1, -0.05) is 54.1 Å². The molecule has 37 heavy (non-hydrogen) atoms. The summed E-state index contributed by atoms with van der Waals surface area (Å²) < 4.78 is 5.33. The Morgan fingerprint density at radius 1 is 1.16 bits per heavy atom. The highest BCUT2D eigenvalue weighted by Crippen LogP contribution is 2.43. The quantitative estimate of drug-likeness (QED) is 0.305. The summed E-state index contributed by atoms with van der Waals surface area (Å²) in [7, 11) is 0. The second-order valence-corrected chi connectivity index (χ2v) is 10.2. The topological polar surface area (TPSA) is 105 Å². The van der Waals surface area contributed by atoms with Gasteiger partial charge < -0.3 is 10.1 Å². The normalized spacial score (nSPS) is 15.4. The first-order valence-electron chi connectivity index (χ1n) is 12.0. The second-order valence-electron chi connectivity index (χ2n) is 8.72. The number of para-hydroxylation sites is 2. The Kier molecular flexibility index (Phi) is 7.17. The van der Waals surface area contributed by atoms with Gasteiger partial charge in [0.25, 0.3) is 0 Å². The van der Waals surface area contributed by atoms with Gasteiger partial charge in [-0.3, -0.25) is 4.79 Å². The summed E-state index contributed by atoms with van der Waals surface area (Å²) in [6.45, 7) is 1.96. The maximum Gasteiger partial charge on any atom is 0.341 e. The largest absolute Gasteiger partial charge is 0.462 e. The van der Waals surface area contributed by atoms with Crippen molar-refractivity contribution in [2.75, 3.05) is 11.9 Å². The minimum absolute atomic E-state index is 0.0119. The van der Waals surface area contributed by atoms with E-state index in [9.17, 15) is 14.9 Å². The summed E-state index contributed by atoms with van der Waals surface area (Å²) in [5, 5.41) is 13.1. The maximum atomic E-state index is 13.4. The molecule has 7 nitrogen and oxygen atoms in total.